The molecule has 3 heteroatoms. The van der Waals surface area contributed by atoms with Gasteiger partial charge in [0.2, 0.25) is 0 Å². The Kier molecular flexibility index (Phi) is 3.11. The molecule has 0 N–H and O–H groups in total. The number of hydrogen-bond donors (Lipinski definition) is 0. The average molecular weight is 291 g/mol. The van der Waals surface area contributed by atoms with Crippen molar-refractivity contribution in [3.8, 4) is 11.5 Å². The van der Waals surface area contributed by atoms with Gasteiger partial charge in [-0.05, 0) is 29.0 Å². The van der Waals surface area contributed by atoms with Gasteiger partial charge in [0, 0.05) is 5.56 Å². The summed E-state index contributed by atoms with van der Waals surface area (Å²) in [5, 5.41) is 2.49. The zero-order chi connectivity index (χ0) is 14.9. The summed E-state index contributed by atoms with van der Waals surface area (Å²) in [7, 11) is 1.70. The molecule has 0 saturated carbocycles. The first-order valence-electron chi connectivity index (χ1n) is 7.38. The van der Waals surface area contributed by atoms with Gasteiger partial charge in [0.15, 0.2) is 6.73 Å². The second kappa shape index (κ2) is 5.26. The third-order valence-corrected chi connectivity index (χ3v) is 4.15. The molecule has 3 aromatic carbocycles. The summed E-state index contributed by atoms with van der Waals surface area (Å²) < 4.78 is 11.4. The minimum Gasteiger partial charge on any atom is -0.495 e. The molecule has 110 valence electrons. The summed E-state index contributed by atoms with van der Waals surface area (Å²) in [4.78, 5) is 2.20. The van der Waals surface area contributed by atoms with E-state index >= 15 is 0 Å². The molecule has 0 atom stereocenters. The topological polar surface area (TPSA) is 21.7 Å². The average Bonchev–Trinajstić information content (AvgIpc) is 2.61. The highest BCUT2D eigenvalue weighted by atomic mass is 16.5. The third kappa shape index (κ3) is 2.06. The van der Waals surface area contributed by atoms with Gasteiger partial charge in [0.1, 0.15) is 11.5 Å². The summed E-state index contributed by atoms with van der Waals surface area (Å²) >= 11 is 0. The van der Waals surface area contributed by atoms with Crippen LogP contribution in [0, 0.1) is 0 Å². The fraction of sp³-hybridized carbons (Fsp3) is 0.158. The molecule has 4 rings (SSSR count). The number of para-hydroxylation sites is 2. The van der Waals surface area contributed by atoms with Gasteiger partial charge in [-0.25, -0.2) is 0 Å². The molecule has 0 unspecified atom stereocenters. The summed E-state index contributed by atoms with van der Waals surface area (Å²) in [5.41, 5.74) is 2.29. The van der Waals surface area contributed by atoms with Gasteiger partial charge in [0.05, 0.1) is 19.3 Å². The van der Waals surface area contributed by atoms with Crippen molar-refractivity contribution in [1.82, 2.24) is 0 Å². The number of benzene rings is 3. The van der Waals surface area contributed by atoms with Crippen molar-refractivity contribution in [3.63, 3.8) is 0 Å². The minimum atomic E-state index is 0.533. The Morgan fingerprint density at radius 3 is 2.68 bits per heavy atom. The third-order valence-electron chi connectivity index (χ3n) is 4.15. The standard InChI is InChI=1S/C19H17NO2/c1-21-19-9-5-4-8-17(19)20-12-16-15-7-3-2-6-14(15)10-11-18(16)22-13-20/h2-11H,12-13H2,1H3. The summed E-state index contributed by atoms with van der Waals surface area (Å²) in [6.45, 7) is 1.35. The molecule has 1 aliphatic heterocycles. The fourth-order valence-corrected chi connectivity index (χ4v) is 3.04. The van der Waals surface area contributed by atoms with Crippen molar-refractivity contribution in [2.75, 3.05) is 18.7 Å². The van der Waals surface area contributed by atoms with Crippen molar-refractivity contribution in [2.24, 2.45) is 0 Å². The summed E-state index contributed by atoms with van der Waals surface area (Å²) in [6.07, 6.45) is 0. The van der Waals surface area contributed by atoms with Crippen LogP contribution in [0.25, 0.3) is 10.8 Å². The van der Waals surface area contributed by atoms with Crippen LogP contribution in [-0.2, 0) is 6.54 Å². The Hall–Kier alpha value is -2.68. The molecule has 0 aromatic heterocycles. The predicted octanol–water partition coefficient (Wildman–Crippen LogP) is 4.20. The van der Waals surface area contributed by atoms with Gasteiger partial charge >= 0.3 is 0 Å². The molecule has 0 amide bonds. The smallest absolute Gasteiger partial charge is 0.161 e. The fourth-order valence-electron chi connectivity index (χ4n) is 3.04. The maximum absolute atomic E-state index is 5.97. The first-order chi connectivity index (χ1) is 10.9. The lowest BCUT2D eigenvalue weighted by Crippen LogP contribution is -2.32. The lowest BCUT2D eigenvalue weighted by molar-refractivity contribution is 0.288. The molecular weight excluding hydrogens is 274 g/mol. The molecule has 3 aromatic rings. The second-order valence-corrected chi connectivity index (χ2v) is 5.41. The maximum Gasteiger partial charge on any atom is 0.161 e. The second-order valence-electron chi connectivity index (χ2n) is 5.41. The number of ether oxygens (including phenoxy) is 2. The van der Waals surface area contributed by atoms with E-state index in [0.717, 1.165) is 23.7 Å². The quantitative estimate of drug-likeness (QED) is 0.706. The lowest BCUT2D eigenvalue weighted by Gasteiger charge is -2.32. The Morgan fingerprint density at radius 1 is 0.955 bits per heavy atom. The molecule has 3 nitrogen and oxygen atoms in total. The predicted molar refractivity (Wildman–Crippen MR) is 88.6 cm³/mol. The van der Waals surface area contributed by atoms with Crippen molar-refractivity contribution in [1.29, 1.82) is 0 Å². The Morgan fingerprint density at radius 2 is 1.77 bits per heavy atom. The Balaban J connectivity index is 1.79. The van der Waals surface area contributed by atoms with Crippen LogP contribution in [0.3, 0.4) is 0 Å². The molecule has 0 aliphatic carbocycles. The van der Waals surface area contributed by atoms with Crippen LogP contribution in [-0.4, -0.2) is 13.8 Å². The molecule has 0 radical (unpaired) electrons. The van der Waals surface area contributed by atoms with Crippen LogP contribution in [0.4, 0.5) is 5.69 Å². The normalized spacial score (nSPS) is 13.6. The van der Waals surface area contributed by atoms with E-state index < -0.39 is 0 Å². The Labute approximate surface area is 129 Å². The number of hydrogen-bond acceptors (Lipinski definition) is 3. The maximum atomic E-state index is 5.97. The lowest BCUT2D eigenvalue weighted by atomic mass is 10.0. The first kappa shape index (κ1) is 13.0. The van der Waals surface area contributed by atoms with E-state index in [4.69, 9.17) is 9.47 Å². The van der Waals surface area contributed by atoms with Crippen LogP contribution < -0.4 is 14.4 Å². The van der Waals surface area contributed by atoms with Crippen molar-refractivity contribution >= 4 is 16.5 Å². The summed E-state index contributed by atoms with van der Waals surface area (Å²) in [6, 6.07) is 20.7. The highest BCUT2D eigenvalue weighted by Crippen LogP contribution is 2.36. The van der Waals surface area contributed by atoms with Crippen LogP contribution in [0.2, 0.25) is 0 Å². The Bertz CT molecular complexity index is 829. The van der Waals surface area contributed by atoms with Crippen LogP contribution in [0.15, 0.2) is 60.7 Å². The zero-order valence-electron chi connectivity index (χ0n) is 12.5. The van der Waals surface area contributed by atoms with Crippen molar-refractivity contribution in [2.45, 2.75) is 6.54 Å². The highest BCUT2D eigenvalue weighted by molar-refractivity contribution is 5.88. The van der Waals surface area contributed by atoms with Crippen LogP contribution >= 0.6 is 0 Å². The van der Waals surface area contributed by atoms with Crippen molar-refractivity contribution < 1.29 is 9.47 Å². The zero-order valence-corrected chi connectivity index (χ0v) is 12.5. The molecule has 1 heterocycles. The minimum absolute atomic E-state index is 0.533. The first-order valence-corrected chi connectivity index (χ1v) is 7.38. The molecule has 0 spiro atoms. The van der Waals surface area contributed by atoms with E-state index in [0.29, 0.717) is 6.73 Å². The molecular formula is C19H17NO2. The number of fused-ring (bicyclic) bond motifs is 3. The highest BCUT2D eigenvalue weighted by Gasteiger charge is 2.21. The van der Waals surface area contributed by atoms with Crippen molar-refractivity contribution in [3.05, 3.63) is 66.2 Å². The molecule has 22 heavy (non-hydrogen) atoms. The van der Waals surface area contributed by atoms with Gasteiger partial charge < -0.3 is 14.4 Å². The van der Waals surface area contributed by atoms with Gasteiger partial charge in [-0.3, -0.25) is 0 Å². The van der Waals surface area contributed by atoms with E-state index in [-0.39, 0.29) is 0 Å². The van der Waals surface area contributed by atoms with Crippen LogP contribution in [0.5, 0.6) is 11.5 Å². The van der Waals surface area contributed by atoms with Gasteiger partial charge in [-0.2, -0.15) is 0 Å². The number of methoxy groups -OCH3 is 1. The van der Waals surface area contributed by atoms with Crippen LogP contribution in [0.1, 0.15) is 5.56 Å². The summed E-state index contributed by atoms with van der Waals surface area (Å²) in [5.74, 6) is 1.85. The monoisotopic (exact) mass is 291 g/mol. The SMILES string of the molecule is COc1ccccc1N1COc2ccc3ccccc3c2C1. The molecule has 0 fully saturated rings. The van der Waals surface area contributed by atoms with E-state index in [9.17, 15) is 0 Å². The number of rotatable bonds is 2. The van der Waals surface area contributed by atoms with E-state index in [2.05, 4.69) is 47.4 Å². The number of nitrogens with zero attached hydrogens (tertiary/aromatic N) is 1. The molecule has 1 aliphatic rings. The molecule has 0 saturated heterocycles. The van der Waals surface area contributed by atoms with E-state index in [1.165, 1.54) is 16.3 Å². The largest absolute Gasteiger partial charge is 0.495 e. The molecule has 0 bridgehead atoms. The number of anilines is 1. The van der Waals surface area contributed by atoms with Gasteiger partial charge in [-0.15, -0.1) is 0 Å². The van der Waals surface area contributed by atoms with Gasteiger partial charge in [0.25, 0.3) is 0 Å². The van der Waals surface area contributed by atoms with Gasteiger partial charge in [-0.1, -0.05) is 42.5 Å². The van der Waals surface area contributed by atoms with E-state index in [1.54, 1.807) is 7.11 Å². The van der Waals surface area contributed by atoms with E-state index in [1.807, 2.05) is 18.2 Å².